The molecule has 1 atom stereocenters. The van der Waals surface area contributed by atoms with Gasteiger partial charge in [-0.1, -0.05) is 0 Å². The number of aromatic nitrogens is 4. The van der Waals surface area contributed by atoms with E-state index >= 15 is 0 Å². The number of H-pyrrole nitrogens is 1. The minimum atomic E-state index is -1.36. The van der Waals surface area contributed by atoms with E-state index in [0.29, 0.717) is 5.52 Å². The van der Waals surface area contributed by atoms with Crippen molar-refractivity contribution in [3.05, 3.63) is 12.2 Å². The minimum absolute atomic E-state index is 0.0316. The van der Waals surface area contributed by atoms with E-state index in [-0.39, 0.29) is 17.3 Å². The molecular formula is C9H9N5O4. The molecule has 9 heteroatoms. The van der Waals surface area contributed by atoms with Crippen molar-refractivity contribution in [3.63, 3.8) is 0 Å². The van der Waals surface area contributed by atoms with Crippen LogP contribution in [0, 0.1) is 0 Å². The van der Waals surface area contributed by atoms with Crippen LogP contribution in [0.25, 0.3) is 11.2 Å². The highest BCUT2D eigenvalue weighted by Crippen LogP contribution is 2.21. The number of aromatic amines is 1. The highest BCUT2D eigenvalue weighted by Gasteiger charge is 2.27. The monoisotopic (exact) mass is 251 g/mol. The van der Waals surface area contributed by atoms with Crippen LogP contribution in [0.3, 0.4) is 0 Å². The van der Waals surface area contributed by atoms with E-state index < -0.39 is 24.3 Å². The van der Waals surface area contributed by atoms with Crippen LogP contribution in [0.2, 0.25) is 0 Å². The maximum atomic E-state index is 11.0. The van der Waals surface area contributed by atoms with E-state index in [0.717, 1.165) is 0 Å². The first kappa shape index (κ1) is 11.8. The summed E-state index contributed by atoms with van der Waals surface area (Å²) in [6.07, 6.45) is 0.719. The van der Waals surface area contributed by atoms with Crippen molar-refractivity contribution in [2.75, 3.05) is 5.73 Å². The standard InChI is InChI=1S/C9H9N5O4/c10-6-5-8(12-2-11-5)14-7(13-6)3(9(17)18)1-4(15)16/h2-3H,1H2,(H,15,16)(H,17,18)(H3,10,11,12,13,14). The van der Waals surface area contributed by atoms with E-state index in [1.165, 1.54) is 6.33 Å². The van der Waals surface area contributed by atoms with Crippen LogP contribution < -0.4 is 5.73 Å². The summed E-state index contributed by atoms with van der Waals surface area (Å²) in [7, 11) is 0. The lowest BCUT2D eigenvalue weighted by molar-refractivity contribution is -0.145. The molecule has 2 rings (SSSR count). The van der Waals surface area contributed by atoms with Gasteiger partial charge in [0.1, 0.15) is 17.3 Å². The predicted octanol–water partition coefficient (Wildman–Crippen LogP) is -0.422. The number of imidazole rings is 1. The average Bonchev–Trinajstić information content (AvgIpc) is 2.73. The van der Waals surface area contributed by atoms with Gasteiger partial charge in [0.25, 0.3) is 0 Å². The van der Waals surface area contributed by atoms with Crippen LogP contribution in [-0.2, 0) is 9.59 Å². The number of rotatable bonds is 4. The van der Waals surface area contributed by atoms with Crippen molar-refractivity contribution in [2.24, 2.45) is 0 Å². The second-order valence-corrected chi connectivity index (χ2v) is 3.56. The van der Waals surface area contributed by atoms with Gasteiger partial charge < -0.3 is 20.9 Å². The highest BCUT2D eigenvalue weighted by molar-refractivity contribution is 5.84. The minimum Gasteiger partial charge on any atom is -0.481 e. The Morgan fingerprint density at radius 2 is 2.11 bits per heavy atom. The molecule has 0 bridgehead atoms. The summed E-state index contributed by atoms with van der Waals surface area (Å²) in [5.74, 6) is -4.07. The third-order valence-corrected chi connectivity index (χ3v) is 2.32. The second kappa shape index (κ2) is 4.28. The number of nitrogen functional groups attached to an aromatic ring is 1. The molecule has 2 aromatic heterocycles. The Hall–Kier alpha value is -2.71. The Bertz CT molecular complexity index is 622. The summed E-state index contributed by atoms with van der Waals surface area (Å²) in [4.78, 5) is 35.8. The van der Waals surface area contributed by atoms with Crippen molar-refractivity contribution in [3.8, 4) is 0 Å². The summed E-state index contributed by atoms with van der Waals surface area (Å²) >= 11 is 0. The zero-order valence-corrected chi connectivity index (χ0v) is 8.99. The van der Waals surface area contributed by atoms with Gasteiger partial charge in [-0.15, -0.1) is 0 Å². The SMILES string of the molecule is Nc1nc(C(CC(=O)O)C(=O)O)nc2nc[nH]c12. The van der Waals surface area contributed by atoms with Crippen LogP contribution in [0.5, 0.6) is 0 Å². The molecule has 1 unspecified atom stereocenters. The summed E-state index contributed by atoms with van der Waals surface area (Å²) in [5, 5.41) is 17.6. The fourth-order valence-electron chi connectivity index (χ4n) is 1.49. The molecule has 0 saturated carbocycles. The molecule has 0 radical (unpaired) electrons. The Morgan fingerprint density at radius 3 is 2.72 bits per heavy atom. The van der Waals surface area contributed by atoms with Gasteiger partial charge in [-0.3, -0.25) is 9.59 Å². The van der Waals surface area contributed by atoms with Gasteiger partial charge in [-0.2, -0.15) is 0 Å². The molecule has 5 N–H and O–H groups in total. The van der Waals surface area contributed by atoms with E-state index in [4.69, 9.17) is 15.9 Å². The van der Waals surface area contributed by atoms with Gasteiger partial charge >= 0.3 is 11.9 Å². The zero-order chi connectivity index (χ0) is 13.3. The Balaban J connectivity index is 2.50. The lowest BCUT2D eigenvalue weighted by Crippen LogP contribution is -2.19. The lowest BCUT2D eigenvalue weighted by Gasteiger charge is -2.08. The highest BCUT2D eigenvalue weighted by atomic mass is 16.4. The first-order valence-corrected chi connectivity index (χ1v) is 4.90. The maximum absolute atomic E-state index is 11.0. The van der Waals surface area contributed by atoms with Crippen LogP contribution >= 0.6 is 0 Å². The molecule has 0 aliphatic heterocycles. The molecule has 0 aromatic carbocycles. The van der Waals surface area contributed by atoms with Crippen LogP contribution in [0.15, 0.2) is 6.33 Å². The topological polar surface area (TPSA) is 155 Å². The summed E-state index contributed by atoms with van der Waals surface area (Å²) < 4.78 is 0. The van der Waals surface area contributed by atoms with E-state index in [1.807, 2.05) is 0 Å². The Morgan fingerprint density at radius 1 is 1.39 bits per heavy atom. The molecule has 0 aliphatic carbocycles. The molecule has 94 valence electrons. The average molecular weight is 251 g/mol. The number of carboxylic acids is 2. The van der Waals surface area contributed by atoms with Crippen LogP contribution in [0.1, 0.15) is 18.2 Å². The fourth-order valence-corrected chi connectivity index (χ4v) is 1.49. The molecule has 9 nitrogen and oxygen atoms in total. The first-order chi connectivity index (χ1) is 8.49. The van der Waals surface area contributed by atoms with E-state index in [2.05, 4.69) is 19.9 Å². The maximum Gasteiger partial charge on any atom is 0.314 e. The molecule has 2 aromatic rings. The van der Waals surface area contributed by atoms with Crippen molar-refractivity contribution in [1.29, 1.82) is 0 Å². The smallest absolute Gasteiger partial charge is 0.314 e. The van der Waals surface area contributed by atoms with E-state index in [1.54, 1.807) is 0 Å². The number of carboxylic acid groups (broad SMARTS) is 2. The fraction of sp³-hybridized carbons (Fsp3) is 0.222. The molecule has 2 heterocycles. The summed E-state index contributed by atoms with van der Waals surface area (Å²) in [6.45, 7) is 0. The van der Waals surface area contributed by atoms with Crippen molar-refractivity contribution >= 4 is 28.9 Å². The first-order valence-electron chi connectivity index (χ1n) is 4.90. The van der Waals surface area contributed by atoms with Gasteiger partial charge in [0, 0.05) is 0 Å². The number of hydrogen-bond acceptors (Lipinski definition) is 6. The molecule has 0 aliphatic rings. The third-order valence-electron chi connectivity index (χ3n) is 2.32. The molecular weight excluding hydrogens is 242 g/mol. The number of nitrogens with zero attached hydrogens (tertiary/aromatic N) is 3. The van der Waals surface area contributed by atoms with Crippen molar-refractivity contribution < 1.29 is 19.8 Å². The normalized spacial score (nSPS) is 12.4. The van der Waals surface area contributed by atoms with Crippen molar-refractivity contribution in [2.45, 2.75) is 12.3 Å². The second-order valence-electron chi connectivity index (χ2n) is 3.56. The van der Waals surface area contributed by atoms with Gasteiger partial charge in [0.05, 0.1) is 12.7 Å². The molecule has 0 spiro atoms. The Kier molecular flexibility index (Phi) is 2.80. The number of hydrogen-bond donors (Lipinski definition) is 4. The molecule has 0 fully saturated rings. The van der Waals surface area contributed by atoms with Gasteiger partial charge in [0.2, 0.25) is 0 Å². The number of aliphatic carboxylic acids is 2. The quantitative estimate of drug-likeness (QED) is 0.570. The number of fused-ring (bicyclic) bond motifs is 1. The number of nitrogens with two attached hydrogens (primary N) is 1. The molecule has 0 amide bonds. The number of anilines is 1. The third kappa shape index (κ3) is 2.05. The van der Waals surface area contributed by atoms with Gasteiger partial charge in [-0.05, 0) is 0 Å². The van der Waals surface area contributed by atoms with Gasteiger partial charge in [0.15, 0.2) is 11.5 Å². The molecule has 0 saturated heterocycles. The van der Waals surface area contributed by atoms with E-state index in [9.17, 15) is 9.59 Å². The Labute approximate surface area is 99.7 Å². The number of nitrogens with one attached hydrogen (secondary N) is 1. The largest absolute Gasteiger partial charge is 0.481 e. The van der Waals surface area contributed by atoms with Crippen molar-refractivity contribution in [1.82, 2.24) is 19.9 Å². The summed E-state index contributed by atoms with van der Waals surface area (Å²) in [5.41, 5.74) is 6.20. The lowest BCUT2D eigenvalue weighted by atomic mass is 10.1. The zero-order valence-electron chi connectivity index (χ0n) is 8.99. The summed E-state index contributed by atoms with van der Waals surface area (Å²) in [6, 6.07) is 0. The molecule has 18 heavy (non-hydrogen) atoms. The predicted molar refractivity (Wildman–Crippen MR) is 58.7 cm³/mol. The number of carbonyl (C=O) groups is 2. The van der Waals surface area contributed by atoms with Crippen LogP contribution in [-0.4, -0.2) is 42.1 Å². The van der Waals surface area contributed by atoms with Crippen LogP contribution in [0.4, 0.5) is 5.82 Å². The van der Waals surface area contributed by atoms with Gasteiger partial charge in [-0.25, -0.2) is 15.0 Å².